The minimum Gasteiger partial charge on any atom is -0.382 e. The fourth-order valence-electron chi connectivity index (χ4n) is 2.15. The molecule has 0 unspecified atom stereocenters. The summed E-state index contributed by atoms with van der Waals surface area (Å²) in [4.78, 5) is 12.2. The van der Waals surface area contributed by atoms with Gasteiger partial charge in [0.2, 0.25) is 0 Å². The van der Waals surface area contributed by atoms with E-state index in [4.69, 9.17) is 4.74 Å². The lowest BCUT2D eigenvalue weighted by Crippen LogP contribution is -2.26. The summed E-state index contributed by atoms with van der Waals surface area (Å²) in [6.07, 6.45) is 0.776. The Balaban J connectivity index is 2.06. The number of benzene rings is 1. The Labute approximate surface area is 144 Å². The van der Waals surface area contributed by atoms with Crippen LogP contribution in [0.25, 0.3) is 5.69 Å². The van der Waals surface area contributed by atoms with E-state index in [0.29, 0.717) is 31.1 Å². The minimum absolute atomic E-state index is 0.209. The van der Waals surface area contributed by atoms with Gasteiger partial charge in [-0.1, -0.05) is 21.1 Å². The molecule has 0 aliphatic heterocycles. The Kier molecular flexibility index (Phi) is 6.29. The number of hydrogen-bond acceptors (Lipinski definition) is 4. The van der Waals surface area contributed by atoms with Gasteiger partial charge in [-0.15, -0.1) is 5.10 Å². The van der Waals surface area contributed by atoms with Crippen LogP contribution < -0.4 is 5.32 Å². The molecule has 0 aliphatic carbocycles. The van der Waals surface area contributed by atoms with Gasteiger partial charge < -0.3 is 10.1 Å². The maximum atomic E-state index is 12.2. The van der Waals surface area contributed by atoms with E-state index in [9.17, 15) is 4.79 Å². The molecule has 7 heteroatoms. The van der Waals surface area contributed by atoms with E-state index in [-0.39, 0.29) is 5.91 Å². The smallest absolute Gasteiger partial charge is 0.273 e. The fraction of sp³-hybridized carbons (Fsp3) is 0.438. The molecule has 0 atom stereocenters. The van der Waals surface area contributed by atoms with E-state index in [1.54, 1.807) is 4.68 Å². The van der Waals surface area contributed by atoms with Gasteiger partial charge in [0.1, 0.15) is 0 Å². The first kappa shape index (κ1) is 17.6. The van der Waals surface area contributed by atoms with Crippen LogP contribution in [0.2, 0.25) is 0 Å². The van der Waals surface area contributed by atoms with Crippen LogP contribution in [0.4, 0.5) is 0 Å². The third-order valence-corrected chi connectivity index (χ3v) is 4.34. The summed E-state index contributed by atoms with van der Waals surface area (Å²) in [6, 6.07) is 5.89. The number of nitrogens with zero attached hydrogens (tertiary/aromatic N) is 3. The first-order valence-corrected chi connectivity index (χ1v) is 8.38. The van der Waals surface area contributed by atoms with Gasteiger partial charge in [0.25, 0.3) is 5.91 Å². The van der Waals surface area contributed by atoms with Gasteiger partial charge >= 0.3 is 0 Å². The van der Waals surface area contributed by atoms with Crippen molar-refractivity contribution >= 4 is 21.8 Å². The Hall–Kier alpha value is -1.73. The summed E-state index contributed by atoms with van der Waals surface area (Å²) in [5.74, 6) is -0.209. The van der Waals surface area contributed by atoms with E-state index >= 15 is 0 Å². The van der Waals surface area contributed by atoms with Gasteiger partial charge in [-0.2, -0.15) is 0 Å². The number of rotatable bonds is 7. The Morgan fingerprint density at radius 3 is 2.87 bits per heavy atom. The number of carbonyl (C=O) groups is 1. The maximum Gasteiger partial charge on any atom is 0.273 e. The third kappa shape index (κ3) is 4.39. The largest absolute Gasteiger partial charge is 0.382 e. The predicted molar refractivity (Wildman–Crippen MR) is 92.0 cm³/mol. The predicted octanol–water partition coefficient (Wildman–Crippen LogP) is 2.80. The molecule has 2 rings (SSSR count). The zero-order valence-corrected chi connectivity index (χ0v) is 15.2. The molecule has 2 aromatic rings. The molecule has 1 heterocycles. The quantitative estimate of drug-likeness (QED) is 0.749. The lowest BCUT2D eigenvalue weighted by molar-refractivity contribution is 0.0938. The zero-order chi connectivity index (χ0) is 16.8. The molecule has 0 bridgehead atoms. The van der Waals surface area contributed by atoms with Gasteiger partial charge in [-0.05, 0) is 51.0 Å². The van der Waals surface area contributed by atoms with E-state index in [2.05, 4.69) is 31.6 Å². The molecule has 0 saturated heterocycles. The van der Waals surface area contributed by atoms with Crippen molar-refractivity contribution in [1.29, 1.82) is 0 Å². The number of ether oxygens (including phenoxy) is 1. The van der Waals surface area contributed by atoms with E-state index in [1.165, 1.54) is 0 Å². The standard InChI is InChI=1S/C16H21BrN4O2/c1-4-23-9-5-8-18-16(22)15-12(3)21(20-19-15)13-6-7-14(17)11(2)10-13/h6-7,10H,4-5,8-9H2,1-3H3,(H,18,22). The summed E-state index contributed by atoms with van der Waals surface area (Å²) in [7, 11) is 0. The average Bonchev–Trinajstić information content (AvgIpc) is 2.91. The van der Waals surface area contributed by atoms with Crippen molar-refractivity contribution in [2.75, 3.05) is 19.8 Å². The first-order valence-electron chi connectivity index (χ1n) is 7.59. The van der Waals surface area contributed by atoms with Crippen LogP contribution in [0.1, 0.15) is 35.1 Å². The molecule has 124 valence electrons. The van der Waals surface area contributed by atoms with Crippen LogP contribution in [0.5, 0.6) is 0 Å². The summed E-state index contributed by atoms with van der Waals surface area (Å²) in [5, 5.41) is 11.0. The van der Waals surface area contributed by atoms with E-state index in [1.807, 2.05) is 39.0 Å². The summed E-state index contributed by atoms with van der Waals surface area (Å²) < 4.78 is 7.95. The summed E-state index contributed by atoms with van der Waals surface area (Å²) >= 11 is 3.48. The average molecular weight is 381 g/mol. The maximum absolute atomic E-state index is 12.2. The number of hydrogen-bond donors (Lipinski definition) is 1. The molecule has 1 aromatic heterocycles. The molecule has 23 heavy (non-hydrogen) atoms. The molecule has 0 fully saturated rings. The lowest BCUT2D eigenvalue weighted by Gasteiger charge is -2.07. The monoisotopic (exact) mass is 380 g/mol. The van der Waals surface area contributed by atoms with E-state index in [0.717, 1.165) is 22.1 Å². The highest BCUT2D eigenvalue weighted by atomic mass is 79.9. The number of aromatic nitrogens is 3. The van der Waals surface area contributed by atoms with Gasteiger partial charge in [0.15, 0.2) is 5.69 Å². The minimum atomic E-state index is -0.209. The van der Waals surface area contributed by atoms with E-state index < -0.39 is 0 Å². The Morgan fingerprint density at radius 2 is 2.17 bits per heavy atom. The fourth-order valence-corrected chi connectivity index (χ4v) is 2.40. The second kappa shape index (κ2) is 8.21. The van der Waals surface area contributed by atoms with Gasteiger partial charge in [0.05, 0.1) is 11.4 Å². The van der Waals surface area contributed by atoms with Gasteiger partial charge in [-0.3, -0.25) is 4.79 Å². The van der Waals surface area contributed by atoms with Crippen molar-refractivity contribution in [3.63, 3.8) is 0 Å². The topological polar surface area (TPSA) is 69.0 Å². The van der Waals surface area contributed by atoms with Crippen LogP contribution in [-0.4, -0.2) is 40.7 Å². The number of aryl methyl sites for hydroxylation is 1. The van der Waals surface area contributed by atoms with Gasteiger partial charge in [-0.25, -0.2) is 4.68 Å². The first-order chi connectivity index (χ1) is 11.0. The van der Waals surface area contributed by atoms with Crippen molar-refractivity contribution in [3.8, 4) is 5.69 Å². The zero-order valence-electron chi connectivity index (χ0n) is 13.6. The molecular formula is C16H21BrN4O2. The number of amides is 1. The molecule has 0 aliphatic rings. The highest BCUT2D eigenvalue weighted by Crippen LogP contribution is 2.20. The highest BCUT2D eigenvalue weighted by molar-refractivity contribution is 9.10. The summed E-state index contributed by atoms with van der Waals surface area (Å²) in [5.41, 5.74) is 3.04. The SMILES string of the molecule is CCOCCCNC(=O)c1nnn(-c2ccc(Br)c(C)c2)c1C. The van der Waals surface area contributed by atoms with Crippen molar-refractivity contribution in [1.82, 2.24) is 20.3 Å². The van der Waals surface area contributed by atoms with Crippen molar-refractivity contribution in [3.05, 3.63) is 39.6 Å². The Bertz CT molecular complexity index is 685. The van der Waals surface area contributed by atoms with Crippen LogP contribution in [0.15, 0.2) is 22.7 Å². The molecule has 0 radical (unpaired) electrons. The molecule has 0 saturated carbocycles. The molecule has 6 nitrogen and oxygen atoms in total. The molecular weight excluding hydrogens is 360 g/mol. The molecule has 1 amide bonds. The molecule has 1 aromatic carbocycles. The second-order valence-corrected chi connectivity index (χ2v) is 6.03. The molecule has 1 N–H and O–H groups in total. The van der Waals surface area contributed by atoms with Gasteiger partial charge in [0, 0.05) is 24.2 Å². The van der Waals surface area contributed by atoms with Crippen molar-refractivity contribution in [2.24, 2.45) is 0 Å². The number of carbonyl (C=O) groups excluding carboxylic acids is 1. The molecule has 0 spiro atoms. The van der Waals surface area contributed by atoms with Crippen LogP contribution in [-0.2, 0) is 4.74 Å². The van der Waals surface area contributed by atoms with Crippen molar-refractivity contribution in [2.45, 2.75) is 27.2 Å². The van der Waals surface area contributed by atoms with Crippen LogP contribution in [0, 0.1) is 13.8 Å². The number of nitrogens with one attached hydrogen (secondary N) is 1. The van der Waals surface area contributed by atoms with Crippen LogP contribution >= 0.6 is 15.9 Å². The normalized spacial score (nSPS) is 10.8. The van der Waals surface area contributed by atoms with Crippen LogP contribution in [0.3, 0.4) is 0 Å². The lowest BCUT2D eigenvalue weighted by atomic mass is 10.2. The second-order valence-electron chi connectivity index (χ2n) is 5.18. The number of halogens is 1. The Morgan fingerprint density at radius 1 is 1.39 bits per heavy atom. The third-order valence-electron chi connectivity index (χ3n) is 3.45. The summed E-state index contributed by atoms with van der Waals surface area (Å²) in [6.45, 7) is 7.68. The van der Waals surface area contributed by atoms with Crippen molar-refractivity contribution < 1.29 is 9.53 Å². The highest BCUT2D eigenvalue weighted by Gasteiger charge is 2.17.